The smallest absolute Gasteiger partial charge is 0.248 e. The third kappa shape index (κ3) is 4.19. The molecule has 140 valence electrons. The SMILES string of the molecule is Cl.NC(=O)c1ccc(Nc2nc(Nc3ccccc3)c3ccccc3n2)cc1. The van der Waals surface area contributed by atoms with Crippen molar-refractivity contribution in [3.05, 3.63) is 84.4 Å². The monoisotopic (exact) mass is 391 g/mol. The van der Waals surface area contributed by atoms with Crippen molar-refractivity contribution in [1.29, 1.82) is 0 Å². The lowest BCUT2D eigenvalue weighted by Crippen LogP contribution is -2.10. The number of carbonyl (C=O) groups is 1. The summed E-state index contributed by atoms with van der Waals surface area (Å²) in [6, 6.07) is 24.5. The van der Waals surface area contributed by atoms with Gasteiger partial charge in [-0.2, -0.15) is 4.98 Å². The van der Waals surface area contributed by atoms with Crippen LogP contribution < -0.4 is 16.4 Å². The van der Waals surface area contributed by atoms with Gasteiger partial charge in [-0.15, -0.1) is 12.4 Å². The molecule has 4 aromatic rings. The minimum Gasteiger partial charge on any atom is -0.366 e. The molecule has 6 nitrogen and oxygen atoms in total. The van der Waals surface area contributed by atoms with E-state index in [4.69, 9.17) is 5.73 Å². The Labute approximate surface area is 168 Å². The number of aromatic nitrogens is 2. The van der Waals surface area contributed by atoms with Gasteiger partial charge >= 0.3 is 0 Å². The first-order valence-electron chi connectivity index (χ1n) is 8.45. The summed E-state index contributed by atoms with van der Waals surface area (Å²) in [6.07, 6.45) is 0. The Morgan fingerprint density at radius 3 is 2.11 bits per heavy atom. The Hall–Kier alpha value is -3.64. The second-order valence-corrected chi connectivity index (χ2v) is 5.97. The first-order valence-corrected chi connectivity index (χ1v) is 8.45. The summed E-state index contributed by atoms with van der Waals surface area (Å²) < 4.78 is 0. The highest BCUT2D eigenvalue weighted by Gasteiger charge is 2.09. The van der Waals surface area contributed by atoms with Gasteiger partial charge in [0.05, 0.1) is 5.52 Å². The minimum absolute atomic E-state index is 0. The average molecular weight is 392 g/mol. The van der Waals surface area contributed by atoms with Gasteiger partial charge in [0.1, 0.15) is 5.82 Å². The molecule has 0 spiro atoms. The van der Waals surface area contributed by atoms with Crippen LogP contribution in [-0.2, 0) is 0 Å². The maximum Gasteiger partial charge on any atom is 0.248 e. The molecule has 1 amide bonds. The molecule has 1 aromatic heterocycles. The predicted molar refractivity (Wildman–Crippen MR) is 115 cm³/mol. The summed E-state index contributed by atoms with van der Waals surface area (Å²) in [6.45, 7) is 0. The van der Waals surface area contributed by atoms with Crippen molar-refractivity contribution in [3.8, 4) is 0 Å². The summed E-state index contributed by atoms with van der Waals surface area (Å²) >= 11 is 0. The summed E-state index contributed by atoms with van der Waals surface area (Å²) in [4.78, 5) is 20.4. The Balaban J connectivity index is 0.00000225. The molecule has 28 heavy (non-hydrogen) atoms. The molecular weight excluding hydrogens is 374 g/mol. The van der Waals surface area contributed by atoms with Crippen molar-refractivity contribution in [2.45, 2.75) is 0 Å². The highest BCUT2D eigenvalue weighted by atomic mass is 35.5. The van der Waals surface area contributed by atoms with E-state index in [-0.39, 0.29) is 12.4 Å². The van der Waals surface area contributed by atoms with Gasteiger partial charge in [0, 0.05) is 22.3 Å². The van der Waals surface area contributed by atoms with E-state index in [2.05, 4.69) is 20.6 Å². The molecule has 4 N–H and O–H groups in total. The molecule has 0 bridgehead atoms. The number of nitrogens with two attached hydrogens (primary N) is 1. The highest BCUT2D eigenvalue weighted by molar-refractivity contribution is 5.93. The number of carbonyl (C=O) groups excluding carboxylic acids is 1. The number of nitrogens with zero attached hydrogens (tertiary/aromatic N) is 2. The van der Waals surface area contributed by atoms with Gasteiger partial charge in [-0.3, -0.25) is 4.79 Å². The van der Waals surface area contributed by atoms with Crippen molar-refractivity contribution in [2.24, 2.45) is 5.73 Å². The fourth-order valence-electron chi connectivity index (χ4n) is 2.73. The zero-order valence-electron chi connectivity index (χ0n) is 14.8. The van der Waals surface area contributed by atoms with Gasteiger partial charge < -0.3 is 16.4 Å². The number of primary amides is 1. The predicted octanol–water partition coefficient (Wildman–Crippen LogP) is 4.64. The number of amides is 1. The zero-order chi connectivity index (χ0) is 18.6. The quantitative estimate of drug-likeness (QED) is 0.461. The lowest BCUT2D eigenvalue weighted by atomic mass is 10.2. The largest absolute Gasteiger partial charge is 0.366 e. The average Bonchev–Trinajstić information content (AvgIpc) is 2.69. The van der Waals surface area contributed by atoms with Crippen molar-refractivity contribution in [1.82, 2.24) is 9.97 Å². The number of hydrogen-bond donors (Lipinski definition) is 3. The minimum atomic E-state index is -0.460. The molecule has 7 heteroatoms. The van der Waals surface area contributed by atoms with Crippen LogP contribution in [0.3, 0.4) is 0 Å². The van der Waals surface area contributed by atoms with Crippen LogP contribution in [0.5, 0.6) is 0 Å². The molecule has 0 saturated heterocycles. The van der Waals surface area contributed by atoms with Gasteiger partial charge in [-0.05, 0) is 48.5 Å². The molecule has 0 saturated carbocycles. The van der Waals surface area contributed by atoms with Crippen LogP contribution in [-0.4, -0.2) is 15.9 Å². The van der Waals surface area contributed by atoms with Gasteiger partial charge in [-0.25, -0.2) is 4.98 Å². The molecule has 0 aliphatic heterocycles. The standard InChI is InChI=1S/C21H17N5O.ClH/c22-19(27)14-10-12-16(13-11-14)24-21-25-18-9-5-4-8-17(18)20(26-21)23-15-6-2-1-3-7-15;/h1-13H,(H2,22,27)(H2,23,24,25,26);1H. The number of anilines is 4. The molecule has 3 aromatic carbocycles. The van der Waals surface area contributed by atoms with Crippen molar-refractivity contribution in [2.75, 3.05) is 10.6 Å². The van der Waals surface area contributed by atoms with E-state index in [9.17, 15) is 4.79 Å². The van der Waals surface area contributed by atoms with Crippen LogP contribution in [0.15, 0.2) is 78.9 Å². The Morgan fingerprint density at radius 1 is 0.750 bits per heavy atom. The first kappa shape index (κ1) is 19.1. The number of rotatable bonds is 5. The third-order valence-corrected chi connectivity index (χ3v) is 4.07. The van der Waals surface area contributed by atoms with E-state index >= 15 is 0 Å². The van der Waals surface area contributed by atoms with Crippen LogP contribution in [0, 0.1) is 0 Å². The van der Waals surface area contributed by atoms with Crippen molar-refractivity contribution < 1.29 is 4.79 Å². The topological polar surface area (TPSA) is 92.9 Å². The Bertz CT molecular complexity index is 1100. The van der Waals surface area contributed by atoms with Crippen LogP contribution in [0.1, 0.15) is 10.4 Å². The molecule has 0 fully saturated rings. The number of nitrogens with one attached hydrogen (secondary N) is 2. The maximum atomic E-state index is 11.2. The Morgan fingerprint density at radius 2 is 1.39 bits per heavy atom. The van der Waals surface area contributed by atoms with Gasteiger partial charge in [0.2, 0.25) is 11.9 Å². The second kappa shape index (κ2) is 8.37. The number of hydrogen-bond acceptors (Lipinski definition) is 5. The lowest BCUT2D eigenvalue weighted by molar-refractivity contribution is 0.100. The van der Waals surface area contributed by atoms with E-state index in [0.29, 0.717) is 17.3 Å². The fourth-order valence-corrected chi connectivity index (χ4v) is 2.73. The molecule has 0 aliphatic rings. The van der Waals surface area contributed by atoms with E-state index in [0.717, 1.165) is 22.3 Å². The molecule has 4 rings (SSSR count). The number of benzene rings is 3. The summed E-state index contributed by atoms with van der Waals surface area (Å²) in [5.74, 6) is 0.708. The number of halogens is 1. The molecule has 0 radical (unpaired) electrons. The van der Waals surface area contributed by atoms with Crippen LogP contribution in [0.4, 0.5) is 23.1 Å². The summed E-state index contributed by atoms with van der Waals surface area (Å²) in [5, 5.41) is 7.45. The highest BCUT2D eigenvalue weighted by Crippen LogP contribution is 2.26. The molecule has 0 unspecified atom stereocenters. The lowest BCUT2D eigenvalue weighted by Gasteiger charge is -2.12. The number of para-hydroxylation sites is 2. The maximum absolute atomic E-state index is 11.2. The summed E-state index contributed by atoms with van der Waals surface area (Å²) in [7, 11) is 0. The van der Waals surface area contributed by atoms with Gasteiger partial charge in [0.15, 0.2) is 0 Å². The second-order valence-electron chi connectivity index (χ2n) is 5.97. The van der Waals surface area contributed by atoms with Gasteiger partial charge in [-0.1, -0.05) is 30.3 Å². The first-order chi connectivity index (χ1) is 13.2. The van der Waals surface area contributed by atoms with Crippen LogP contribution in [0.2, 0.25) is 0 Å². The molecule has 0 aliphatic carbocycles. The normalized spacial score (nSPS) is 10.1. The third-order valence-electron chi connectivity index (χ3n) is 4.07. The van der Waals surface area contributed by atoms with E-state index in [1.807, 2.05) is 54.6 Å². The number of fused-ring (bicyclic) bond motifs is 1. The zero-order valence-corrected chi connectivity index (χ0v) is 15.6. The van der Waals surface area contributed by atoms with Crippen LogP contribution >= 0.6 is 12.4 Å². The van der Waals surface area contributed by atoms with Gasteiger partial charge in [0.25, 0.3) is 0 Å². The Kier molecular flexibility index (Phi) is 5.72. The van der Waals surface area contributed by atoms with Crippen molar-refractivity contribution in [3.63, 3.8) is 0 Å². The van der Waals surface area contributed by atoms with E-state index < -0.39 is 5.91 Å². The summed E-state index contributed by atoms with van der Waals surface area (Å²) in [5.41, 5.74) is 8.26. The molecule has 1 heterocycles. The van der Waals surface area contributed by atoms with Crippen LogP contribution in [0.25, 0.3) is 10.9 Å². The van der Waals surface area contributed by atoms with E-state index in [1.54, 1.807) is 24.3 Å². The molecule has 0 atom stereocenters. The van der Waals surface area contributed by atoms with E-state index in [1.165, 1.54) is 0 Å². The van der Waals surface area contributed by atoms with Crippen molar-refractivity contribution >= 4 is 52.4 Å². The fraction of sp³-hybridized carbons (Fsp3) is 0. The molecular formula is C21H18ClN5O.